The van der Waals surface area contributed by atoms with Crippen molar-refractivity contribution in [2.24, 2.45) is 5.41 Å². The van der Waals surface area contributed by atoms with Crippen molar-refractivity contribution in [1.82, 2.24) is 15.5 Å². The van der Waals surface area contributed by atoms with Crippen molar-refractivity contribution in [1.29, 1.82) is 0 Å². The second kappa shape index (κ2) is 9.63. The van der Waals surface area contributed by atoms with Gasteiger partial charge in [-0.05, 0) is 56.1 Å². The molecule has 1 saturated carbocycles. The van der Waals surface area contributed by atoms with E-state index in [1.54, 1.807) is 4.90 Å². The standard InChI is InChI=1S/C24H35N3O3/c1-24(2,3)16-21(28)27-15-7-10-20(27)23(30)26-19-13-11-18(12-14-19)25-22(29)17-8-5-4-6-9-17/h4-6,8-9,18-20H,7,10-16H2,1-3H3,(H,25,29)(H,26,30)/t18?,19?,20-/m0/s1. The molecule has 2 N–H and O–H groups in total. The molecule has 1 aromatic rings. The van der Waals surface area contributed by atoms with Gasteiger partial charge in [0.25, 0.3) is 5.91 Å². The summed E-state index contributed by atoms with van der Waals surface area (Å²) in [5, 5.41) is 6.27. The summed E-state index contributed by atoms with van der Waals surface area (Å²) in [6, 6.07) is 9.16. The molecule has 1 aliphatic heterocycles. The summed E-state index contributed by atoms with van der Waals surface area (Å²) < 4.78 is 0. The second-order valence-electron chi connectivity index (χ2n) is 9.88. The molecule has 2 aliphatic rings. The molecule has 164 valence electrons. The highest BCUT2D eigenvalue weighted by atomic mass is 16.2. The van der Waals surface area contributed by atoms with Crippen LogP contribution < -0.4 is 10.6 Å². The van der Waals surface area contributed by atoms with Crippen molar-refractivity contribution in [2.45, 2.75) is 83.8 Å². The predicted molar refractivity (Wildman–Crippen MR) is 117 cm³/mol. The largest absolute Gasteiger partial charge is 0.352 e. The molecule has 1 atom stereocenters. The molecule has 0 radical (unpaired) electrons. The Hall–Kier alpha value is -2.37. The Morgan fingerprint density at radius 1 is 0.933 bits per heavy atom. The highest BCUT2D eigenvalue weighted by Crippen LogP contribution is 2.26. The first-order chi connectivity index (χ1) is 14.2. The van der Waals surface area contributed by atoms with Gasteiger partial charge in [0.15, 0.2) is 0 Å². The lowest BCUT2D eigenvalue weighted by Gasteiger charge is -2.32. The fourth-order valence-corrected chi connectivity index (χ4v) is 4.43. The molecule has 30 heavy (non-hydrogen) atoms. The number of rotatable bonds is 5. The Labute approximate surface area is 179 Å². The van der Waals surface area contributed by atoms with Crippen LogP contribution in [0.4, 0.5) is 0 Å². The number of carbonyl (C=O) groups is 3. The van der Waals surface area contributed by atoms with Gasteiger partial charge in [0.1, 0.15) is 6.04 Å². The van der Waals surface area contributed by atoms with Crippen LogP contribution in [0.25, 0.3) is 0 Å². The maximum Gasteiger partial charge on any atom is 0.251 e. The average molecular weight is 414 g/mol. The SMILES string of the molecule is CC(C)(C)CC(=O)N1CCC[C@H]1C(=O)NC1CCC(NC(=O)c2ccccc2)CC1. The molecule has 6 nitrogen and oxygen atoms in total. The Kier molecular flexibility index (Phi) is 7.16. The third-order valence-corrected chi connectivity index (χ3v) is 6.00. The summed E-state index contributed by atoms with van der Waals surface area (Å²) in [6.45, 7) is 6.81. The van der Waals surface area contributed by atoms with Crippen molar-refractivity contribution in [3.05, 3.63) is 35.9 Å². The summed E-state index contributed by atoms with van der Waals surface area (Å²) in [6.07, 6.45) is 5.46. The first kappa shape index (κ1) is 22.3. The number of benzene rings is 1. The quantitative estimate of drug-likeness (QED) is 0.778. The molecule has 0 aromatic heterocycles. The van der Waals surface area contributed by atoms with Crippen LogP contribution in [0.2, 0.25) is 0 Å². The number of likely N-dealkylation sites (tertiary alicyclic amines) is 1. The topological polar surface area (TPSA) is 78.5 Å². The van der Waals surface area contributed by atoms with Gasteiger partial charge in [0.05, 0.1) is 0 Å². The second-order valence-corrected chi connectivity index (χ2v) is 9.88. The fourth-order valence-electron chi connectivity index (χ4n) is 4.43. The number of nitrogens with one attached hydrogen (secondary N) is 2. The van der Waals surface area contributed by atoms with Crippen LogP contribution in [0.15, 0.2) is 30.3 Å². The maximum atomic E-state index is 12.9. The monoisotopic (exact) mass is 413 g/mol. The number of carbonyl (C=O) groups excluding carboxylic acids is 3. The van der Waals surface area contributed by atoms with Gasteiger partial charge in [0.2, 0.25) is 11.8 Å². The molecule has 3 rings (SSSR count). The zero-order chi connectivity index (χ0) is 21.7. The Morgan fingerprint density at radius 3 is 2.13 bits per heavy atom. The molecule has 1 heterocycles. The van der Waals surface area contributed by atoms with Gasteiger partial charge < -0.3 is 15.5 Å². The molecule has 2 fully saturated rings. The van der Waals surface area contributed by atoms with E-state index in [0.717, 1.165) is 38.5 Å². The summed E-state index contributed by atoms with van der Waals surface area (Å²) in [5.41, 5.74) is 0.595. The van der Waals surface area contributed by atoms with Crippen LogP contribution >= 0.6 is 0 Å². The van der Waals surface area contributed by atoms with Gasteiger partial charge in [-0.25, -0.2) is 0 Å². The number of amides is 3. The van der Waals surface area contributed by atoms with E-state index in [0.29, 0.717) is 18.5 Å². The number of nitrogens with zero attached hydrogens (tertiary/aromatic N) is 1. The first-order valence-corrected chi connectivity index (χ1v) is 11.2. The molecule has 0 spiro atoms. The van der Waals surface area contributed by atoms with E-state index in [-0.39, 0.29) is 41.3 Å². The Morgan fingerprint density at radius 2 is 1.53 bits per heavy atom. The first-order valence-electron chi connectivity index (χ1n) is 11.2. The van der Waals surface area contributed by atoms with E-state index in [1.165, 1.54) is 0 Å². The molecule has 1 aliphatic carbocycles. The molecular formula is C24H35N3O3. The van der Waals surface area contributed by atoms with Crippen LogP contribution in [0.1, 0.15) is 76.1 Å². The third kappa shape index (κ3) is 6.07. The Balaban J connectivity index is 1.45. The third-order valence-electron chi connectivity index (χ3n) is 6.00. The van der Waals surface area contributed by atoms with Crippen LogP contribution in [0.3, 0.4) is 0 Å². The molecule has 6 heteroatoms. The van der Waals surface area contributed by atoms with E-state index < -0.39 is 0 Å². The van der Waals surface area contributed by atoms with E-state index in [2.05, 4.69) is 10.6 Å². The summed E-state index contributed by atoms with van der Waals surface area (Å²) in [7, 11) is 0. The van der Waals surface area contributed by atoms with Gasteiger partial charge in [-0.1, -0.05) is 39.0 Å². The molecule has 0 bridgehead atoms. The fraction of sp³-hybridized carbons (Fsp3) is 0.625. The minimum atomic E-state index is -0.338. The summed E-state index contributed by atoms with van der Waals surface area (Å²) in [4.78, 5) is 39.6. The highest BCUT2D eigenvalue weighted by Gasteiger charge is 2.36. The number of hydrogen-bond acceptors (Lipinski definition) is 3. The van der Waals surface area contributed by atoms with Gasteiger partial charge in [-0.15, -0.1) is 0 Å². The molecule has 1 saturated heterocycles. The number of hydrogen-bond donors (Lipinski definition) is 2. The van der Waals surface area contributed by atoms with Crippen LogP contribution in [-0.2, 0) is 9.59 Å². The minimum Gasteiger partial charge on any atom is -0.352 e. The van der Waals surface area contributed by atoms with E-state index in [9.17, 15) is 14.4 Å². The minimum absolute atomic E-state index is 0.0217. The van der Waals surface area contributed by atoms with Gasteiger partial charge >= 0.3 is 0 Å². The normalized spacial score (nSPS) is 24.4. The lowest BCUT2D eigenvalue weighted by atomic mass is 9.90. The van der Waals surface area contributed by atoms with Gasteiger partial charge in [0, 0.05) is 30.6 Å². The smallest absolute Gasteiger partial charge is 0.251 e. The molecule has 1 aromatic carbocycles. The zero-order valence-corrected chi connectivity index (χ0v) is 18.4. The summed E-state index contributed by atoms with van der Waals surface area (Å²) >= 11 is 0. The van der Waals surface area contributed by atoms with Gasteiger partial charge in [-0.3, -0.25) is 14.4 Å². The molecule has 3 amide bonds. The van der Waals surface area contributed by atoms with Crippen LogP contribution in [-0.4, -0.2) is 47.3 Å². The van der Waals surface area contributed by atoms with E-state index in [4.69, 9.17) is 0 Å². The Bertz CT molecular complexity index is 749. The maximum absolute atomic E-state index is 12.9. The van der Waals surface area contributed by atoms with Crippen molar-refractivity contribution >= 4 is 17.7 Å². The predicted octanol–water partition coefficient (Wildman–Crippen LogP) is 3.27. The van der Waals surface area contributed by atoms with Gasteiger partial charge in [-0.2, -0.15) is 0 Å². The van der Waals surface area contributed by atoms with Crippen molar-refractivity contribution < 1.29 is 14.4 Å². The van der Waals surface area contributed by atoms with Crippen LogP contribution in [0.5, 0.6) is 0 Å². The lowest BCUT2D eigenvalue weighted by molar-refractivity contribution is -0.140. The zero-order valence-electron chi connectivity index (χ0n) is 18.4. The summed E-state index contributed by atoms with van der Waals surface area (Å²) in [5.74, 6) is 0.0149. The highest BCUT2D eigenvalue weighted by molar-refractivity contribution is 5.94. The van der Waals surface area contributed by atoms with Crippen molar-refractivity contribution in [3.8, 4) is 0 Å². The van der Waals surface area contributed by atoms with Crippen LogP contribution in [0, 0.1) is 5.41 Å². The lowest BCUT2D eigenvalue weighted by Crippen LogP contribution is -2.51. The molecular weight excluding hydrogens is 378 g/mol. The van der Waals surface area contributed by atoms with E-state index >= 15 is 0 Å². The average Bonchev–Trinajstić information content (AvgIpc) is 3.19. The molecule has 0 unspecified atom stereocenters. The van der Waals surface area contributed by atoms with E-state index in [1.807, 2.05) is 51.1 Å². The van der Waals surface area contributed by atoms with Crippen molar-refractivity contribution in [2.75, 3.05) is 6.54 Å². The van der Waals surface area contributed by atoms with Crippen molar-refractivity contribution in [3.63, 3.8) is 0 Å².